The van der Waals surface area contributed by atoms with Gasteiger partial charge in [-0.2, -0.15) is 0 Å². The minimum Gasteiger partial charge on any atom is -0.462 e. The summed E-state index contributed by atoms with van der Waals surface area (Å²) in [5.74, 6) is 5.00. The Hall–Kier alpha value is -0.530. The summed E-state index contributed by atoms with van der Waals surface area (Å²) >= 11 is 0. The van der Waals surface area contributed by atoms with E-state index in [1.165, 1.54) is 89.9 Å². The predicted octanol–water partition coefficient (Wildman–Crippen LogP) is 7.69. The van der Waals surface area contributed by atoms with Gasteiger partial charge in [-0.15, -0.1) is 0 Å². The molecule has 0 aromatic rings. The highest BCUT2D eigenvalue weighted by molar-refractivity contribution is 5.69. The molecule has 0 saturated heterocycles. The van der Waals surface area contributed by atoms with Crippen LogP contribution in [-0.2, 0) is 9.53 Å². The van der Waals surface area contributed by atoms with Gasteiger partial charge in [0.2, 0.25) is 0 Å². The van der Waals surface area contributed by atoms with Gasteiger partial charge in [-0.25, -0.2) is 0 Å². The Morgan fingerprint density at radius 3 is 1.61 bits per heavy atom. The number of hydrogen-bond donors (Lipinski definition) is 0. The summed E-state index contributed by atoms with van der Waals surface area (Å²) in [6.45, 7) is 4.21. The fraction of sp³-hybridized carbons (Fsp3) is 0.962. The number of carbonyl (C=O) groups is 1. The Morgan fingerprint density at radius 2 is 1.14 bits per heavy atom. The number of hydrogen-bond acceptors (Lipinski definition) is 2. The van der Waals surface area contributed by atoms with Gasteiger partial charge in [0.1, 0.15) is 6.10 Å². The van der Waals surface area contributed by atoms with E-state index in [1.54, 1.807) is 0 Å². The molecule has 0 unspecified atom stereocenters. The van der Waals surface area contributed by atoms with Crippen molar-refractivity contribution in [1.29, 1.82) is 0 Å². The molecule has 3 aliphatic carbocycles. The molecule has 3 aliphatic rings. The van der Waals surface area contributed by atoms with Crippen molar-refractivity contribution < 1.29 is 9.53 Å². The van der Waals surface area contributed by atoms with Gasteiger partial charge in [0.25, 0.3) is 0 Å². The van der Waals surface area contributed by atoms with Crippen LogP contribution in [0.1, 0.15) is 123 Å². The molecule has 0 spiro atoms. The fourth-order valence-electron chi connectivity index (χ4n) is 6.67. The van der Waals surface area contributed by atoms with E-state index in [0.29, 0.717) is 6.42 Å². The number of ether oxygens (including phenoxy) is 1. The lowest BCUT2D eigenvalue weighted by Gasteiger charge is -2.41. The van der Waals surface area contributed by atoms with Gasteiger partial charge in [-0.05, 0) is 93.8 Å². The van der Waals surface area contributed by atoms with Crippen LogP contribution in [0.3, 0.4) is 0 Å². The molecule has 0 aromatic carbocycles. The first-order valence-electron chi connectivity index (χ1n) is 12.9. The van der Waals surface area contributed by atoms with Crippen LogP contribution in [0.4, 0.5) is 0 Å². The Balaban J connectivity index is 1.32. The number of rotatable bonds is 8. The normalized spacial score (nSPS) is 36.8. The molecule has 0 N–H and O–H groups in total. The van der Waals surface area contributed by atoms with Crippen molar-refractivity contribution in [1.82, 2.24) is 0 Å². The predicted molar refractivity (Wildman–Crippen MR) is 117 cm³/mol. The monoisotopic (exact) mass is 390 g/mol. The molecule has 3 rings (SSSR count). The summed E-state index contributed by atoms with van der Waals surface area (Å²) in [4.78, 5) is 11.5. The quantitative estimate of drug-likeness (QED) is 0.313. The first-order chi connectivity index (χ1) is 13.7. The molecule has 3 fully saturated rings. The van der Waals surface area contributed by atoms with Crippen molar-refractivity contribution >= 4 is 5.97 Å². The van der Waals surface area contributed by atoms with Gasteiger partial charge in [-0.3, -0.25) is 4.79 Å². The van der Waals surface area contributed by atoms with Crippen LogP contribution in [-0.4, -0.2) is 12.1 Å². The Kier molecular flexibility index (Phi) is 9.18. The molecule has 0 radical (unpaired) electrons. The van der Waals surface area contributed by atoms with Crippen molar-refractivity contribution in [3.8, 4) is 0 Å². The van der Waals surface area contributed by atoms with E-state index in [2.05, 4.69) is 6.92 Å². The van der Waals surface area contributed by atoms with E-state index in [4.69, 9.17) is 4.74 Å². The van der Waals surface area contributed by atoms with E-state index in [1.807, 2.05) is 6.92 Å². The SMILES string of the molecule is CCCCC[C@H]1CC[C@H]([C@H]2CC[C@H]([C@H]3CC[C@H](OC(=O)CC)CC3)CC2)CC1. The number of esters is 1. The molecule has 2 heteroatoms. The lowest BCUT2D eigenvalue weighted by molar-refractivity contribution is -0.150. The zero-order valence-corrected chi connectivity index (χ0v) is 18.8. The van der Waals surface area contributed by atoms with Gasteiger partial charge in [-0.1, -0.05) is 52.4 Å². The minimum absolute atomic E-state index is 0.0101. The second kappa shape index (κ2) is 11.6. The van der Waals surface area contributed by atoms with E-state index >= 15 is 0 Å². The van der Waals surface area contributed by atoms with Crippen molar-refractivity contribution in [2.24, 2.45) is 29.6 Å². The highest BCUT2D eigenvalue weighted by Gasteiger charge is 2.35. The molecule has 162 valence electrons. The molecule has 0 heterocycles. The molecule has 0 amide bonds. The first-order valence-corrected chi connectivity index (χ1v) is 12.9. The smallest absolute Gasteiger partial charge is 0.305 e. The molecule has 0 aliphatic heterocycles. The molecular weight excluding hydrogens is 344 g/mol. The lowest BCUT2D eigenvalue weighted by Crippen LogP contribution is -2.31. The van der Waals surface area contributed by atoms with E-state index in [9.17, 15) is 4.79 Å². The third-order valence-corrected chi connectivity index (χ3v) is 8.56. The zero-order chi connectivity index (χ0) is 19.8. The minimum atomic E-state index is -0.0101. The fourth-order valence-corrected chi connectivity index (χ4v) is 6.67. The highest BCUT2D eigenvalue weighted by atomic mass is 16.5. The zero-order valence-electron chi connectivity index (χ0n) is 18.8. The van der Waals surface area contributed by atoms with Crippen LogP contribution in [0.5, 0.6) is 0 Å². The van der Waals surface area contributed by atoms with Crippen LogP contribution in [0.2, 0.25) is 0 Å². The molecule has 2 nitrogen and oxygen atoms in total. The molecular formula is C26H46O2. The maximum absolute atomic E-state index is 11.5. The highest BCUT2D eigenvalue weighted by Crippen LogP contribution is 2.46. The van der Waals surface area contributed by atoms with Crippen LogP contribution >= 0.6 is 0 Å². The molecule has 0 atom stereocenters. The average molecular weight is 391 g/mol. The maximum Gasteiger partial charge on any atom is 0.305 e. The van der Waals surface area contributed by atoms with Crippen molar-refractivity contribution in [3.63, 3.8) is 0 Å². The number of carbonyl (C=O) groups excluding carboxylic acids is 1. The standard InChI is InChI=1S/C26H46O2/c1-3-5-6-7-20-8-10-21(11-9-20)22-12-14-23(15-13-22)24-16-18-25(19-17-24)28-26(27)4-2/h20-25H,3-19H2,1-2H3/t20-,21-,22-,23-,24-,25-. The van der Waals surface area contributed by atoms with Crippen molar-refractivity contribution in [3.05, 3.63) is 0 Å². The average Bonchev–Trinajstić information content (AvgIpc) is 2.75. The Bertz CT molecular complexity index is 435. The van der Waals surface area contributed by atoms with Gasteiger partial charge in [0.15, 0.2) is 0 Å². The van der Waals surface area contributed by atoms with Crippen LogP contribution in [0.15, 0.2) is 0 Å². The molecule has 0 bridgehead atoms. The van der Waals surface area contributed by atoms with Gasteiger partial charge < -0.3 is 4.74 Å². The maximum atomic E-state index is 11.5. The Morgan fingerprint density at radius 1 is 0.679 bits per heavy atom. The largest absolute Gasteiger partial charge is 0.462 e. The lowest BCUT2D eigenvalue weighted by atomic mass is 9.65. The van der Waals surface area contributed by atoms with Gasteiger partial charge in [0, 0.05) is 6.42 Å². The summed E-state index contributed by atoms with van der Waals surface area (Å²) in [6.07, 6.45) is 23.4. The second-order valence-corrected chi connectivity index (χ2v) is 10.3. The summed E-state index contributed by atoms with van der Waals surface area (Å²) in [5, 5.41) is 0. The van der Waals surface area contributed by atoms with Gasteiger partial charge in [0.05, 0.1) is 0 Å². The summed E-state index contributed by atoms with van der Waals surface area (Å²) < 4.78 is 5.57. The van der Waals surface area contributed by atoms with E-state index in [-0.39, 0.29) is 12.1 Å². The summed E-state index contributed by atoms with van der Waals surface area (Å²) in [5.41, 5.74) is 0. The third-order valence-electron chi connectivity index (χ3n) is 8.56. The Labute approximate surface area is 174 Å². The van der Waals surface area contributed by atoms with Crippen LogP contribution in [0.25, 0.3) is 0 Å². The van der Waals surface area contributed by atoms with Crippen molar-refractivity contribution in [2.45, 2.75) is 129 Å². The molecule has 3 saturated carbocycles. The van der Waals surface area contributed by atoms with Crippen LogP contribution in [0, 0.1) is 29.6 Å². The third kappa shape index (κ3) is 6.49. The number of unbranched alkanes of at least 4 members (excludes halogenated alkanes) is 2. The first kappa shape index (κ1) is 22.2. The summed E-state index contributed by atoms with van der Waals surface area (Å²) in [7, 11) is 0. The van der Waals surface area contributed by atoms with E-state index in [0.717, 1.165) is 42.4 Å². The molecule has 0 aromatic heterocycles. The van der Waals surface area contributed by atoms with E-state index < -0.39 is 0 Å². The molecule has 28 heavy (non-hydrogen) atoms. The second-order valence-electron chi connectivity index (χ2n) is 10.3. The topological polar surface area (TPSA) is 26.3 Å². The van der Waals surface area contributed by atoms with Crippen LogP contribution < -0.4 is 0 Å². The van der Waals surface area contributed by atoms with Gasteiger partial charge >= 0.3 is 5.97 Å². The summed E-state index contributed by atoms with van der Waals surface area (Å²) in [6, 6.07) is 0. The van der Waals surface area contributed by atoms with Crippen molar-refractivity contribution in [2.75, 3.05) is 0 Å².